The predicted octanol–water partition coefficient (Wildman–Crippen LogP) is 3.34. The van der Waals surface area contributed by atoms with Crippen LogP contribution in [0.4, 0.5) is 0 Å². The molecule has 0 atom stereocenters. The molecule has 2 rings (SSSR count). The standard InChI is InChI=1S/C12H16O2S/c1-9-5-6-10(15-9)12(11(13)14)7-3-2-4-8-12/h5-6H,2-4,7-8H2,1H3,(H,13,14). The molecule has 1 aliphatic rings. The molecule has 0 unspecified atom stereocenters. The molecule has 0 aliphatic heterocycles. The Balaban J connectivity index is 2.37. The summed E-state index contributed by atoms with van der Waals surface area (Å²) >= 11 is 1.64. The van der Waals surface area contributed by atoms with Gasteiger partial charge in [-0.1, -0.05) is 19.3 Å². The molecule has 1 heterocycles. The van der Waals surface area contributed by atoms with E-state index in [-0.39, 0.29) is 0 Å². The van der Waals surface area contributed by atoms with Crippen molar-refractivity contribution >= 4 is 17.3 Å². The number of aryl methyl sites for hydroxylation is 1. The van der Waals surface area contributed by atoms with E-state index in [2.05, 4.69) is 0 Å². The number of aliphatic carboxylic acids is 1. The maximum absolute atomic E-state index is 11.5. The number of carbonyl (C=O) groups is 1. The first-order valence-corrected chi connectivity index (χ1v) is 6.27. The minimum absolute atomic E-state index is 0.572. The van der Waals surface area contributed by atoms with E-state index in [0.717, 1.165) is 30.6 Å². The van der Waals surface area contributed by atoms with Crippen LogP contribution in [0.5, 0.6) is 0 Å². The zero-order valence-corrected chi connectivity index (χ0v) is 9.77. The highest BCUT2D eigenvalue weighted by atomic mass is 32.1. The molecule has 0 radical (unpaired) electrons. The first-order chi connectivity index (χ1) is 7.15. The molecule has 2 nitrogen and oxygen atoms in total. The van der Waals surface area contributed by atoms with E-state index in [1.807, 2.05) is 19.1 Å². The fraction of sp³-hybridized carbons (Fsp3) is 0.583. The lowest BCUT2D eigenvalue weighted by atomic mass is 9.73. The van der Waals surface area contributed by atoms with Crippen LogP contribution in [0.15, 0.2) is 12.1 Å². The minimum atomic E-state index is -0.635. The van der Waals surface area contributed by atoms with Crippen molar-refractivity contribution in [2.45, 2.75) is 44.4 Å². The molecule has 15 heavy (non-hydrogen) atoms. The minimum Gasteiger partial charge on any atom is -0.481 e. The quantitative estimate of drug-likeness (QED) is 0.836. The van der Waals surface area contributed by atoms with Gasteiger partial charge in [-0.2, -0.15) is 0 Å². The van der Waals surface area contributed by atoms with E-state index in [1.165, 1.54) is 11.3 Å². The average molecular weight is 224 g/mol. The van der Waals surface area contributed by atoms with Gasteiger partial charge in [0.15, 0.2) is 0 Å². The van der Waals surface area contributed by atoms with Gasteiger partial charge in [0.2, 0.25) is 0 Å². The average Bonchev–Trinajstić information content (AvgIpc) is 2.66. The van der Waals surface area contributed by atoms with Crippen molar-refractivity contribution in [2.75, 3.05) is 0 Å². The molecule has 82 valence electrons. The lowest BCUT2D eigenvalue weighted by Gasteiger charge is -2.32. The second-order valence-corrected chi connectivity index (χ2v) is 5.65. The van der Waals surface area contributed by atoms with Crippen molar-refractivity contribution in [2.24, 2.45) is 0 Å². The van der Waals surface area contributed by atoms with E-state index >= 15 is 0 Å². The Kier molecular flexibility index (Phi) is 2.83. The maximum atomic E-state index is 11.5. The largest absolute Gasteiger partial charge is 0.481 e. The summed E-state index contributed by atoms with van der Waals surface area (Å²) in [7, 11) is 0. The summed E-state index contributed by atoms with van der Waals surface area (Å²) in [5.74, 6) is -0.635. The summed E-state index contributed by atoms with van der Waals surface area (Å²) in [6, 6.07) is 4.03. The predicted molar refractivity (Wildman–Crippen MR) is 61.5 cm³/mol. The van der Waals surface area contributed by atoms with Gasteiger partial charge < -0.3 is 5.11 Å². The van der Waals surface area contributed by atoms with Crippen molar-refractivity contribution in [3.05, 3.63) is 21.9 Å². The van der Waals surface area contributed by atoms with Gasteiger partial charge in [0.05, 0.1) is 0 Å². The number of hydrogen-bond donors (Lipinski definition) is 1. The Morgan fingerprint density at radius 1 is 1.33 bits per heavy atom. The third kappa shape index (κ3) is 1.81. The Bertz CT molecular complexity index is 361. The molecule has 0 saturated heterocycles. The number of thiophene rings is 1. The van der Waals surface area contributed by atoms with Gasteiger partial charge in [-0.05, 0) is 31.9 Å². The zero-order valence-electron chi connectivity index (χ0n) is 8.95. The van der Waals surface area contributed by atoms with Gasteiger partial charge >= 0.3 is 5.97 Å². The summed E-state index contributed by atoms with van der Waals surface area (Å²) in [5, 5.41) is 9.46. The van der Waals surface area contributed by atoms with Gasteiger partial charge in [0.1, 0.15) is 5.41 Å². The lowest BCUT2D eigenvalue weighted by Crippen LogP contribution is -2.36. The Hall–Kier alpha value is -0.830. The van der Waals surface area contributed by atoms with E-state index in [0.29, 0.717) is 0 Å². The Morgan fingerprint density at radius 2 is 2.00 bits per heavy atom. The first-order valence-electron chi connectivity index (χ1n) is 5.45. The van der Waals surface area contributed by atoms with Crippen LogP contribution in [0.2, 0.25) is 0 Å². The van der Waals surface area contributed by atoms with Gasteiger partial charge in [-0.3, -0.25) is 4.79 Å². The molecule has 1 aliphatic carbocycles. The van der Waals surface area contributed by atoms with Crippen molar-refractivity contribution < 1.29 is 9.90 Å². The highest BCUT2D eigenvalue weighted by Crippen LogP contribution is 2.42. The SMILES string of the molecule is Cc1ccc(C2(C(=O)O)CCCCC2)s1. The van der Waals surface area contributed by atoms with Crippen molar-refractivity contribution in [1.29, 1.82) is 0 Å². The summed E-state index contributed by atoms with van der Waals surface area (Å²) in [5.41, 5.74) is -0.572. The molecule has 1 aromatic heterocycles. The fourth-order valence-corrected chi connectivity index (χ4v) is 3.52. The first kappa shape index (κ1) is 10.7. The van der Waals surface area contributed by atoms with Crippen LogP contribution < -0.4 is 0 Å². The van der Waals surface area contributed by atoms with Gasteiger partial charge in [-0.25, -0.2) is 0 Å². The molecule has 0 bridgehead atoms. The molecular formula is C12H16O2S. The third-order valence-corrected chi connectivity index (χ3v) is 4.53. The Morgan fingerprint density at radius 3 is 2.47 bits per heavy atom. The second kappa shape index (κ2) is 3.97. The highest BCUT2D eigenvalue weighted by Gasteiger charge is 2.42. The van der Waals surface area contributed by atoms with E-state index < -0.39 is 11.4 Å². The van der Waals surface area contributed by atoms with Crippen molar-refractivity contribution in [3.8, 4) is 0 Å². The van der Waals surface area contributed by atoms with Crippen LogP contribution >= 0.6 is 11.3 Å². The third-order valence-electron chi connectivity index (χ3n) is 3.33. The van der Waals surface area contributed by atoms with Crippen molar-refractivity contribution in [3.63, 3.8) is 0 Å². The number of hydrogen-bond acceptors (Lipinski definition) is 2. The summed E-state index contributed by atoms with van der Waals surface area (Å²) in [6.07, 6.45) is 4.89. The molecule has 1 fully saturated rings. The highest BCUT2D eigenvalue weighted by molar-refractivity contribution is 7.12. The second-order valence-electron chi connectivity index (χ2n) is 4.36. The fourth-order valence-electron chi connectivity index (χ4n) is 2.41. The topological polar surface area (TPSA) is 37.3 Å². The molecule has 0 amide bonds. The van der Waals surface area contributed by atoms with Crippen LogP contribution in [0.3, 0.4) is 0 Å². The van der Waals surface area contributed by atoms with Crippen LogP contribution in [-0.4, -0.2) is 11.1 Å². The smallest absolute Gasteiger partial charge is 0.314 e. The van der Waals surface area contributed by atoms with Crippen LogP contribution in [0.25, 0.3) is 0 Å². The van der Waals surface area contributed by atoms with Gasteiger partial charge in [0.25, 0.3) is 0 Å². The molecule has 3 heteroatoms. The van der Waals surface area contributed by atoms with E-state index in [1.54, 1.807) is 11.3 Å². The number of carboxylic acids is 1. The number of carboxylic acid groups (broad SMARTS) is 1. The number of rotatable bonds is 2. The summed E-state index contributed by atoms with van der Waals surface area (Å²) < 4.78 is 0. The van der Waals surface area contributed by atoms with Crippen LogP contribution in [-0.2, 0) is 10.2 Å². The van der Waals surface area contributed by atoms with Crippen LogP contribution in [0, 0.1) is 6.92 Å². The molecule has 1 saturated carbocycles. The van der Waals surface area contributed by atoms with Crippen molar-refractivity contribution in [1.82, 2.24) is 0 Å². The summed E-state index contributed by atoms with van der Waals surface area (Å²) in [4.78, 5) is 13.7. The Labute approximate surface area is 93.9 Å². The molecule has 0 spiro atoms. The summed E-state index contributed by atoms with van der Waals surface area (Å²) in [6.45, 7) is 2.03. The molecule has 1 aromatic rings. The zero-order chi connectivity index (χ0) is 10.9. The van der Waals surface area contributed by atoms with Gasteiger partial charge in [0, 0.05) is 9.75 Å². The lowest BCUT2D eigenvalue weighted by molar-refractivity contribution is -0.145. The molecule has 0 aromatic carbocycles. The van der Waals surface area contributed by atoms with E-state index in [4.69, 9.17) is 0 Å². The normalized spacial score (nSPS) is 20.1. The van der Waals surface area contributed by atoms with Crippen LogP contribution in [0.1, 0.15) is 41.9 Å². The maximum Gasteiger partial charge on any atom is 0.314 e. The monoisotopic (exact) mass is 224 g/mol. The molecule has 1 N–H and O–H groups in total. The van der Waals surface area contributed by atoms with Gasteiger partial charge in [-0.15, -0.1) is 11.3 Å². The van der Waals surface area contributed by atoms with E-state index in [9.17, 15) is 9.90 Å². The molecular weight excluding hydrogens is 208 g/mol.